The van der Waals surface area contributed by atoms with Gasteiger partial charge in [0.25, 0.3) is 0 Å². The molecule has 0 saturated heterocycles. The molecule has 5 nitrogen and oxygen atoms in total. The second-order valence-electron chi connectivity index (χ2n) is 19.4. The molecule has 13 aromatic rings. The maximum absolute atomic E-state index is 5.44. The lowest BCUT2D eigenvalue weighted by atomic mass is 9.89. The van der Waals surface area contributed by atoms with Crippen LogP contribution in [0.4, 0.5) is 0 Å². The van der Waals surface area contributed by atoms with E-state index in [0.717, 1.165) is 83.7 Å². The number of nitrogens with zero attached hydrogens (tertiary/aromatic N) is 5. The summed E-state index contributed by atoms with van der Waals surface area (Å²) in [4.78, 5) is 16.0. The fourth-order valence-electron chi connectivity index (χ4n) is 11.3. The maximum Gasteiger partial charge on any atom is 0.238 e. The molecule has 0 spiro atoms. The van der Waals surface area contributed by atoms with Gasteiger partial charge in [0.15, 0.2) is 11.6 Å². The minimum Gasteiger partial charge on any atom is -0.307 e. The first-order valence-electron chi connectivity index (χ1n) is 26.0. The molecule has 0 N–H and O–H groups in total. The van der Waals surface area contributed by atoms with Gasteiger partial charge >= 0.3 is 0 Å². The zero-order chi connectivity index (χ0) is 49.5. The maximum atomic E-state index is 5.44. The van der Waals surface area contributed by atoms with E-state index in [0.29, 0.717) is 23.5 Å². The normalized spacial score (nSPS) is 12.0. The van der Waals surface area contributed by atoms with Crippen molar-refractivity contribution in [1.29, 1.82) is 0 Å². The van der Waals surface area contributed by atoms with Gasteiger partial charge in [-0.1, -0.05) is 227 Å². The molecule has 3 aromatic heterocycles. The van der Waals surface area contributed by atoms with Crippen LogP contribution >= 0.6 is 0 Å². The molecule has 0 radical (unpaired) electrons. The van der Waals surface area contributed by atoms with Gasteiger partial charge in [-0.15, -0.1) is 0 Å². The highest BCUT2D eigenvalue weighted by atomic mass is 15.2. The van der Waals surface area contributed by atoms with Crippen LogP contribution in [0.15, 0.2) is 243 Å². The van der Waals surface area contributed by atoms with E-state index in [1.54, 1.807) is 0 Å². The largest absolute Gasteiger partial charge is 0.307 e. The standard InChI is InChI=1S/C69H53N5/c1-3-20-46(4-2)49-33-35-51(36-34-49)55-43-54(48-23-10-6-11-24-48)44-56(45-55)57-27-14-17-30-62(57)73-63-31-18-15-28-58(63)60-41-42-61-59-29-16-19-32-64(59)74(66(61)65(60)73)69-71-67(52-25-12-7-13-26-52)70-68(72-69)53-39-37-50(38-40-53)47-21-8-5-9-22-47/h5-19,21-46H,3-4,20H2,1-2H3. The molecule has 5 heteroatoms. The minimum atomic E-state index is 0.552. The quantitative estimate of drug-likeness (QED) is 0.123. The Hall–Kier alpha value is -9.19. The molecule has 0 aliphatic rings. The molecular weight excluding hydrogens is 899 g/mol. The van der Waals surface area contributed by atoms with Gasteiger partial charge in [-0.05, 0) is 99.7 Å². The van der Waals surface area contributed by atoms with Gasteiger partial charge in [0, 0.05) is 38.2 Å². The molecule has 0 amide bonds. The molecule has 0 fully saturated rings. The topological polar surface area (TPSA) is 48.5 Å². The Morgan fingerprint density at radius 2 is 0.784 bits per heavy atom. The minimum absolute atomic E-state index is 0.552. The van der Waals surface area contributed by atoms with Gasteiger partial charge in [-0.2, -0.15) is 9.97 Å². The molecule has 1 atom stereocenters. The molecule has 74 heavy (non-hydrogen) atoms. The van der Waals surface area contributed by atoms with E-state index in [1.807, 2.05) is 24.3 Å². The van der Waals surface area contributed by atoms with Crippen molar-refractivity contribution in [2.24, 2.45) is 0 Å². The zero-order valence-electron chi connectivity index (χ0n) is 41.5. The molecule has 0 aliphatic heterocycles. The van der Waals surface area contributed by atoms with Crippen molar-refractivity contribution < 1.29 is 0 Å². The first-order chi connectivity index (χ1) is 36.6. The molecule has 0 aliphatic carbocycles. The number of benzene rings is 10. The monoisotopic (exact) mass is 951 g/mol. The van der Waals surface area contributed by atoms with Gasteiger partial charge in [0.1, 0.15) is 0 Å². The smallest absolute Gasteiger partial charge is 0.238 e. The highest BCUT2D eigenvalue weighted by Gasteiger charge is 2.25. The van der Waals surface area contributed by atoms with Crippen LogP contribution in [0.25, 0.3) is 123 Å². The van der Waals surface area contributed by atoms with Crippen molar-refractivity contribution in [2.45, 2.75) is 39.0 Å². The zero-order valence-corrected chi connectivity index (χ0v) is 41.5. The first-order valence-corrected chi connectivity index (χ1v) is 26.0. The summed E-state index contributed by atoms with van der Waals surface area (Å²) in [6.07, 6.45) is 3.52. The Bertz CT molecular complexity index is 4160. The van der Waals surface area contributed by atoms with Crippen LogP contribution in [0.2, 0.25) is 0 Å². The SMILES string of the molecule is CCCC(CC)c1ccc(-c2cc(-c3ccccc3)cc(-c3ccccc3-n3c4ccccc4c4ccc5c6ccccc6n(-c6nc(-c7ccccc7)nc(-c7ccc(-c8ccccc8)cc7)n6)c5c43)c2)cc1. The lowest BCUT2D eigenvalue weighted by Crippen LogP contribution is -2.07. The summed E-state index contributed by atoms with van der Waals surface area (Å²) in [5, 5.41) is 4.55. The Kier molecular flexibility index (Phi) is 11.5. The molecule has 3 heterocycles. The van der Waals surface area contributed by atoms with Crippen molar-refractivity contribution in [1.82, 2.24) is 24.1 Å². The third-order valence-electron chi connectivity index (χ3n) is 14.9. The summed E-state index contributed by atoms with van der Waals surface area (Å²) in [5.41, 5.74) is 17.9. The van der Waals surface area contributed by atoms with Crippen LogP contribution in [0.5, 0.6) is 0 Å². The highest BCUT2D eigenvalue weighted by Crippen LogP contribution is 2.44. The van der Waals surface area contributed by atoms with E-state index < -0.39 is 0 Å². The second kappa shape index (κ2) is 19.1. The lowest BCUT2D eigenvalue weighted by Gasteiger charge is -2.18. The third kappa shape index (κ3) is 7.94. The molecule has 1 unspecified atom stereocenters. The van der Waals surface area contributed by atoms with Crippen molar-refractivity contribution >= 4 is 43.6 Å². The predicted octanol–water partition coefficient (Wildman–Crippen LogP) is 18.4. The molecule has 0 bridgehead atoms. The van der Waals surface area contributed by atoms with E-state index in [9.17, 15) is 0 Å². The Balaban J connectivity index is 1.06. The Labute approximate surface area is 431 Å². The van der Waals surface area contributed by atoms with E-state index in [1.165, 1.54) is 46.0 Å². The summed E-state index contributed by atoms with van der Waals surface area (Å²) in [6.45, 7) is 4.59. The van der Waals surface area contributed by atoms with E-state index in [-0.39, 0.29) is 0 Å². The summed E-state index contributed by atoms with van der Waals surface area (Å²) in [5.74, 6) is 2.33. The summed E-state index contributed by atoms with van der Waals surface area (Å²) < 4.78 is 4.77. The van der Waals surface area contributed by atoms with Crippen molar-refractivity contribution in [3.63, 3.8) is 0 Å². The summed E-state index contributed by atoms with van der Waals surface area (Å²) in [7, 11) is 0. The number of para-hydroxylation sites is 3. The van der Waals surface area contributed by atoms with Crippen molar-refractivity contribution in [3.8, 4) is 78.9 Å². The van der Waals surface area contributed by atoms with Crippen LogP contribution in [-0.2, 0) is 0 Å². The average Bonchev–Trinajstić information content (AvgIpc) is 4.00. The van der Waals surface area contributed by atoms with Gasteiger partial charge in [0.2, 0.25) is 5.95 Å². The molecular formula is C69H53N5. The summed E-state index contributed by atoms with van der Waals surface area (Å²) >= 11 is 0. The average molecular weight is 952 g/mol. The van der Waals surface area contributed by atoms with Crippen LogP contribution in [0, 0.1) is 0 Å². The highest BCUT2D eigenvalue weighted by molar-refractivity contribution is 6.24. The van der Waals surface area contributed by atoms with Gasteiger partial charge < -0.3 is 4.57 Å². The van der Waals surface area contributed by atoms with Crippen LogP contribution in [0.3, 0.4) is 0 Å². The third-order valence-corrected chi connectivity index (χ3v) is 14.9. The second-order valence-corrected chi connectivity index (χ2v) is 19.4. The Morgan fingerprint density at radius 3 is 1.38 bits per heavy atom. The van der Waals surface area contributed by atoms with Crippen LogP contribution in [-0.4, -0.2) is 24.1 Å². The summed E-state index contributed by atoms with van der Waals surface area (Å²) in [6, 6.07) is 87.5. The number of rotatable bonds is 12. The fourth-order valence-corrected chi connectivity index (χ4v) is 11.3. The first kappa shape index (κ1) is 44.7. The number of fused-ring (bicyclic) bond motifs is 7. The van der Waals surface area contributed by atoms with Gasteiger partial charge in [-0.3, -0.25) is 4.57 Å². The number of hydrogen-bond acceptors (Lipinski definition) is 3. The van der Waals surface area contributed by atoms with Crippen LogP contribution < -0.4 is 0 Å². The van der Waals surface area contributed by atoms with Crippen molar-refractivity contribution in [2.75, 3.05) is 0 Å². The lowest BCUT2D eigenvalue weighted by molar-refractivity contribution is 0.596. The van der Waals surface area contributed by atoms with Gasteiger partial charge in [0.05, 0.1) is 27.8 Å². The molecule has 13 rings (SSSR count). The van der Waals surface area contributed by atoms with Crippen LogP contribution in [0.1, 0.15) is 44.6 Å². The molecule has 10 aromatic carbocycles. The van der Waals surface area contributed by atoms with E-state index in [4.69, 9.17) is 15.0 Å². The molecule has 0 saturated carbocycles. The fraction of sp³-hybridized carbons (Fsp3) is 0.0870. The van der Waals surface area contributed by atoms with Gasteiger partial charge in [-0.25, -0.2) is 4.98 Å². The Morgan fingerprint density at radius 1 is 0.351 bits per heavy atom. The number of aromatic nitrogens is 5. The van der Waals surface area contributed by atoms with E-state index >= 15 is 0 Å². The van der Waals surface area contributed by atoms with Crippen molar-refractivity contribution in [3.05, 3.63) is 248 Å². The van der Waals surface area contributed by atoms with E-state index in [2.05, 4.69) is 241 Å². The number of hydrogen-bond donors (Lipinski definition) is 0. The molecule has 354 valence electrons. The predicted molar refractivity (Wildman–Crippen MR) is 309 cm³/mol.